The average molecular weight is 225 g/mol. The van der Waals surface area contributed by atoms with Gasteiger partial charge in [0.25, 0.3) is 0 Å². The lowest BCUT2D eigenvalue weighted by molar-refractivity contribution is 0.747. The van der Waals surface area contributed by atoms with Gasteiger partial charge in [-0.3, -0.25) is 0 Å². The zero-order valence-electron chi connectivity index (χ0n) is 7.43. The molecule has 4 nitrogen and oxygen atoms in total. The number of aromatic nitrogens is 3. The van der Waals surface area contributed by atoms with Gasteiger partial charge in [0.15, 0.2) is 0 Å². The van der Waals surface area contributed by atoms with Crippen molar-refractivity contribution in [2.75, 3.05) is 0 Å². The van der Waals surface area contributed by atoms with Crippen molar-refractivity contribution >= 4 is 24.8 Å². The Morgan fingerprint density at radius 3 is 2.38 bits per heavy atom. The van der Waals surface area contributed by atoms with E-state index in [-0.39, 0.29) is 24.8 Å². The second-order valence-corrected chi connectivity index (χ2v) is 3.01. The maximum absolute atomic E-state index is 5.46. The molecule has 2 rings (SSSR count). The molecule has 1 aliphatic carbocycles. The second kappa shape index (κ2) is 4.79. The van der Waals surface area contributed by atoms with Crippen LogP contribution in [0.1, 0.15) is 30.4 Å². The summed E-state index contributed by atoms with van der Waals surface area (Å²) in [6.45, 7) is 0.482. The van der Waals surface area contributed by atoms with E-state index in [1.807, 2.05) is 11.6 Å². The molecule has 0 aromatic carbocycles. The lowest BCUT2D eigenvalue weighted by Crippen LogP contribution is -2.06. The molecule has 1 aromatic heterocycles. The highest BCUT2D eigenvalue weighted by molar-refractivity contribution is 5.85. The number of halogens is 2. The summed E-state index contributed by atoms with van der Waals surface area (Å²) < 4.78 is 2.01. The van der Waals surface area contributed by atoms with E-state index in [1.165, 1.54) is 12.8 Å². The Kier molecular flexibility index (Phi) is 4.67. The van der Waals surface area contributed by atoms with Crippen LogP contribution in [0, 0.1) is 0 Å². The van der Waals surface area contributed by atoms with Gasteiger partial charge in [0.1, 0.15) is 11.6 Å². The van der Waals surface area contributed by atoms with Crippen LogP contribution < -0.4 is 5.73 Å². The van der Waals surface area contributed by atoms with Crippen LogP contribution in [0.3, 0.4) is 0 Å². The molecule has 2 N–H and O–H groups in total. The quantitative estimate of drug-likeness (QED) is 0.816. The van der Waals surface area contributed by atoms with Gasteiger partial charge in [-0.25, -0.2) is 0 Å². The molecular weight excluding hydrogens is 211 g/mol. The topological polar surface area (TPSA) is 56.7 Å². The SMILES string of the molecule is Cl.Cl.Cn1c(CN)nnc1C1CC1. The van der Waals surface area contributed by atoms with Crippen molar-refractivity contribution in [3.05, 3.63) is 11.6 Å². The average Bonchev–Trinajstić information content (AvgIpc) is 2.77. The lowest BCUT2D eigenvalue weighted by atomic mass is 10.4. The largest absolute Gasteiger partial charge is 0.324 e. The first-order valence-electron chi connectivity index (χ1n) is 3.91. The van der Waals surface area contributed by atoms with Gasteiger partial charge < -0.3 is 10.3 Å². The van der Waals surface area contributed by atoms with Crippen LogP contribution in [0.2, 0.25) is 0 Å². The molecule has 0 spiro atoms. The molecular formula is C7H14Cl2N4. The van der Waals surface area contributed by atoms with Crippen molar-refractivity contribution in [2.45, 2.75) is 25.3 Å². The highest BCUT2D eigenvalue weighted by Crippen LogP contribution is 2.38. The maximum Gasteiger partial charge on any atom is 0.146 e. The van der Waals surface area contributed by atoms with E-state index in [0.29, 0.717) is 12.5 Å². The van der Waals surface area contributed by atoms with Crippen LogP contribution in [0.25, 0.3) is 0 Å². The molecule has 1 fully saturated rings. The summed E-state index contributed by atoms with van der Waals surface area (Å²) >= 11 is 0. The smallest absolute Gasteiger partial charge is 0.146 e. The Labute approximate surface area is 89.7 Å². The predicted octanol–water partition coefficient (Wildman–Crippen LogP) is 0.995. The van der Waals surface area contributed by atoms with Gasteiger partial charge in [0, 0.05) is 13.0 Å². The van der Waals surface area contributed by atoms with Gasteiger partial charge in [0.2, 0.25) is 0 Å². The van der Waals surface area contributed by atoms with Gasteiger partial charge in [-0.15, -0.1) is 35.0 Å². The molecule has 1 heterocycles. The molecule has 1 aliphatic rings. The summed E-state index contributed by atoms with van der Waals surface area (Å²) in [6, 6.07) is 0. The normalized spacial score (nSPS) is 14.6. The number of nitrogens with two attached hydrogens (primary N) is 1. The lowest BCUT2D eigenvalue weighted by Gasteiger charge is -1.98. The van der Waals surface area contributed by atoms with E-state index in [4.69, 9.17) is 5.73 Å². The minimum atomic E-state index is 0. The third-order valence-electron chi connectivity index (χ3n) is 2.12. The molecule has 0 saturated heterocycles. The summed E-state index contributed by atoms with van der Waals surface area (Å²) in [7, 11) is 1.98. The van der Waals surface area contributed by atoms with E-state index < -0.39 is 0 Å². The highest BCUT2D eigenvalue weighted by atomic mass is 35.5. The van der Waals surface area contributed by atoms with E-state index in [1.54, 1.807) is 0 Å². The zero-order chi connectivity index (χ0) is 7.84. The summed E-state index contributed by atoms with van der Waals surface area (Å²) in [6.07, 6.45) is 2.52. The summed E-state index contributed by atoms with van der Waals surface area (Å²) in [5.74, 6) is 2.64. The summed E-state index contributed by atoms with van der Waals surface area (Å²) in [5.41, 5.74) is 5.46. The molecule has 0 atom stereocenters. The van der Waals surface area contributed by atoms with Crippen molar-refractivity contribution in [2.24, 2.45) is 12.8 Å². The first-order chi connectivity index (χ1) is 5.33. The first kappa shape index (κ1) is 12.7. The molecule has 0 radical (unpaired) electrons. The molecule has 1 saturated carbocycles. The van der Waals surface area contributed by atoms with Crippen molar-refractivity contribution in [3.8, 4) is 0 Å². The Balaban J connectivity index is 0.000000720. The summed E-state index contributed by atoms with van der Waals surface area (Å²) in [4.78, 5) is 0. The Morgan fingerprint density at radius 2 is 2.00 bits per heavy atom. The van der Waals surface area contributed by atoms with E-state index >= 15 is 0 Å². The summed E-state index contributed by atoms with van der Waals surface area (Å²) in [5, 5.41) is 8.06. The molecule has 76 valence electrons. The Bertz CT molecular complexity index is 269. The minimum absolute atomic E-state index is 0. The van der Waals surface area contributed by atoms with Crippen LogP contribution in [0.15, 0.2) is 0 Å². The monoisotopic (exact) mass is 224 g/mol. The fourth-order valence-electron chi connectivity index (χ4n) is 1.25. The van der Waals surface area contributed by atoms with Crippen LogP contribution >= 0.6 is 24.8 Å². The fraction of sp³-hybridized carbons (Fsp3) is 0.714. The van der Waals surface area contributed by atoms with Gasteiger partial charge in [-0.2, -0.15) is 0 Å². The third kappa shape index (κ3) is 2.33. The molecule has 6 heteroatoms. The van der Waals surface area contributed by atoms with Gasteiger partial charge in [-0.1, -0.05) is 0 Å². The fourth-order valence-corrected chi connectivity index (χ4v) is 1.25. The highest BCUT2D eigenvalue weighted by Gasteiger charge is 2.28. The van der Waals surface area contributed by atoms with Gasteiger partial charge in [0.05, 0.1) is 6.54 Å². The van der Waals surface area contributed by atoms with Crippen molar-refractivity contribution in [3.63, 3.8) is 0 Å². The number of hydrogen-bond acceptors (Lipinski definition) is 3. The first-order valence-corrected chi connectivity index (χ1v) is 3.91. The van der Waals surface area contributed by atoms with E-state index in [9.17, 15) is 0 Å². The standard InChI is InChI=1S/C7H12N4.2ClH/c1-11-6(4-8)9-10-7(11)5-2-3-5;;/h5H,2-4,8H2,1H3;2*1H. The zero-order valence-corrected chi connectivity index (χ0v) is 9.07. The molecule has 0 unspecified atom stereocenters. The Hall–Kier alpha value is -0.320. The second-order valence-electron chi connectivity index (χ2n) is 3.01. The van der Waals surface area contributed by atoms with E-state index in [2.05, 4.69) is 10.2 Å². The number of nitrogens with zero attached hydrogens (tertiary/aromatic N) is 3. The van der Waals surface area contributed by atoms with Crippen molar-refractivity contribution in [1.29, 1.82) is 0 Å². The van der Waals surface area contributed by atoms with Gasteiger partial charge in [-0.05, 0) is 12.8 Å². The van der Waals surface area contributed by atoms with Crippen molar-refractivity contribution in [1.82, 2.24) is 14.8 Å². The third-order valence-corrected chi connectivity index (χ3v) is 2.12. The van der Waals surface area contributed by atoms with Crippen LogP contribution in [0.4, 0.5) is 0 Å². The van der Waals surface area contributed by atoms with Crippen LogP contribution in [-0.4, -0.2) is 14.8 Å². The predicted molar refractivity (Wildman–Crippen MR) is 55.4 cm³/mol. The molecule has 0 aliphatic heterocycles. The number of hydrogen-bond donors (Lipinski definition) is 1. The molecule has 1 aromatic rings. The molecule has 0 amide bonds. The van der Waals surface area contributed by atoms with Crippen LogP contribution in [0.5, 0.6) is 0 Å². The van der Waals surface area contributed by atoms with Crippen molar-refractivity contribution < 1.29 is 0 Å². The van der Waals surface area contributed by atoms with E-state index in [0.717, 1.165) is 11.6 Å². The van der Waals surface area contributed by atoms with Gasteiger partial charge >= 0.3 is 0 Å². The van der Waals surface area contributed by atoms with Crippen LogP contribution in [-0.2, 0) is 13.6 Å². The molecule has 0 bridgehead atoms. The number of rotatable bonds is 2. The molecule has 13 heavy (non-hydrogen) atoms. The maximum atomic E-state index is 5.46. The Morgan fingerprint density at radius 1 is 1.38 bits per heavy atom. The minimum Gasteiger partial charge on any atom is -0.324 e.